The molecule has 0 fully saturated rings. The van der Waals surface area contributed by atoms with Gasteiger partial charge in [-0.3, -0.25) is 4.79 Å². The maximum absolute atomic E-state index is 13.4. The van der Waals surface area contributed by atoms with Crippen LogP contribution in [0.4, 0.5) is 4.39 Å². The molecule has 1 aromatic rings. The topological polar surface area (TPSA) is 58.6 Å². The van der Waals surface area contributed by atoms with Crippen molar-refractivity contribution < 1.29 is 19.0 Å². The average Bonchev–Trinajstić information content (AvgIpc) is 2.41. The van der Waals surface area contributed by atoms with Gasteiger partial charge < -0.3 is 15.2 Å². The SMILES string of the molecule is COCc1cc(C(=O)NCCC(O)C(C)C)ccc1F. The molecular weight excluding hydrogens is 261 g/mol. The number of rotatable bonds is 7. The smallest absolute Gasteiger partial charge is 0.251 e. The number of aliphatic hydroxyl groups is 1. The molecule has 4 nitrogen and oxygen atoms in total. The number of halogens is 1. The molecule has 2 N–H and O–H groups in total. The Morgan fingerprint density at radius 1 is 1.45 bits per heavy atom. The quantitative estimate of drug-likeness (QED) is 0.805. The summed E-state index contributed by atoms with van der Waals surface area (Å²) in [5.41, 5.74) is 0.736. The Balaban J connectivity index is 2.57. The number of methoxy groups -OCH3 is 1. The van der Waals surface area contributed by atoms with E-state index in [9.17, 15) is 14.3 Å². The molecule has 112 valence electrons. The molecule has 0 aliphatic rings. The largest absolute Gasteiger partial charge is 0.393 e. The van der Waals surface area contributed by atoms with Gasteiger partial charge in [-0.2, -0.15) is 0 Å². The Hall–Kier alpha value is -1.46. The molecule has 0 bridgehead atoms. The minimum absolute atomic E-state index is 0.124. The third-order valence-electron chi connectivity index (χ3n) is 3.10. The molecule has 5 heteroatoms. The van der Waals surface area contributed by atoms with E-state index >= 15 is 0 Å². The highest BCUT2D eigenvalue weighted by Gasteiger charge is 2.12. The average molecular weight is 283 g/mol. The number of hydrogen-bond acceptors (Lipinski definition) is 3. The summed E-state index contributed by atoms with van der Waals surface area (Å²) in [6, 6.07) is 4.17. The number of carbonyl (C=O) groups is 1. The number of hydrogen-bond donors (Lipinski definition) is 2. The van der Waals surface area contributed by atoms with E-state index in [1.807, 2.05) is 13.8 Å². The van der Waals surface area contributed by atoms with E-state index in [2.05, 4.69) is 5.32 Å². The molecule has 0 saturated heterocycles. The predicted octanol–water partition coefficient (Wildman–Crippen LogP) is 2.11. The Bertz CT molecular complexity index is 449. The van der Waals surface area contributed by atoms with E-state index in [1.165, 1.54) is 25.3 Å². The molecule has 0 heterocycles. The zero-order valence-electron chi connectivity index (χ0n) is 12.1. The fourth-order valence-electron chi connectivity index (χ4n) is 1.75. The van der Waals surface area contributed by atoms with E-state index < -0.39 is 11.9 Å². The molecule has 0 saturated carbocycles. The van der Waals surface area contributed by atoms with Crippen LogP contribution in [-0.4, -0.2) is 30.8 Å². The molecule has 1 amide bonds. The zero-order chi connectivity index (χ0) is 15.1. The van der Waals surface area contributed by atoms with Crippen LogP contribution in [0.1, 0.15) is 36.2 Å². The lowest BCUT2D eigenvalue weighted by atomic mass is 10.0. The van der Waals surface area contributed by atoms with Crippen LogP contribution in [0.25, 0.3) is 0 Å². The lowest BCUT2D eigenvalue weighted by molar-refractivity contribution is 0.0920. The van der Waals surface area contributed by atoms with Gasteiger partial charge in [-0.05, 0) is 30.5 Å². The summed E-state index contributed by atoms with van der Waals surface area (Å²) in [5, 5.41) is 12.4. The van der Waals surface area contributed by atoms with E-state index in [0.29, 0.717) is 24.1 Å². The van der Waals surface area contributed by atoms with Crippen molar-refractivity contribution in [1.82, 2.24) is 5.32 Å². The first-order valence-corrected chi connectivity index (χ1v) is 6.69. The van der Waals surface area contributed by atoms with Crippen molar-refractivity contribution in [3.63, 3.8) is 0 Å². The lowest BCUT2D eigenvalue weighted by Crippen LogP contribution is -2.28. The zero-order valence-corrected chi connectivity index (χ0v) is 12.1. The molecule has 1 aromatic carbocycles. The third kappa shape index (κ3) is 4.90. The molecule has 1 unspecified atom stereocenters. The minimum Gasteiger partial charge on any atom is -0.393 e. The second-order valence-electron chi connectivity index (χ2n) is 5.10. The van der Waals surface area contributed by atoms with Crippen LogP contribution >= 0.6 is 0 Å². The van der Waals surface area contributed by atoms with E-state index in [-0.39, 0.29) is 18.4 Å². The summed E-state index contributed by atoms with van der Waals surface area (Å²) in [6.07, 6.45) is 0.0581. The van der Waals surface area contributed by atoms with Crippen molar-refractivity contribution in [3.05, 3.63) is 35.1 Å². The maximum atomic E-state index is 13.4. The van der Waals surface area contributed by atoms with Gasteiger partial charge in [-0.25, -0.2) is 4.39 Å². The van der Waals surface area contributed by atoms with Gasteiger partial charge >= 0.3 is 0 Å². The first kappa shape index (κ1) is 16.6. The van der Waals surface area contributed by atoms with Gasteiger partial charge in [0.1, 0.15) is 5.82 Å². The maximum Gasteiger partial charge on any atom is 0.251 e. The number of nitrogens with one attached hydrogen (secondary N) is 1. The highest BCUT2D eigenvalue weighted by molar-refractivity contribution is 5.94. The fraction of sp³-hybridized carbons (Fsp3) is 0.533. The van der Waals surface area contributed by atoms with Gasteiger partial charge in [0.2, 0.25) is 0 Å². The monoisotopic (exact) mass is 283 g/mol. The highest BCUT2D eigenvalue weighted by Crippen LogP contribution is 2.12. The Labute approximate surface area is 119 Å². The van der Waals surface area contributed by atoms with E-state index in [1.54, 1.807) is 0 Å². The van der Waals surface area contributed by atoms with Crippen molar-refractivity contribution in [2.24, 2.45) is 5.92 Å². The molecule has 20 heavy (non-hydrogen) atoms. The number of benzene rings is 1. The Morgan fingerprint density at radius 2 is 2.15 bits per heavy atom. The summed E-state index contributed by atoms with van der Waals surface area (Å²) in [6.45, 7) is 4.35. The number of ether oxygens (including phenoxy) is 1. The summed E-state index contributed by atoms with van der Waals surface area (Å²) in [5.74, 6) is -0.511. The summed E-state index contributed by atoms with van der Waals surface area (Å²) in [4.78, 5) is 11.9. The normalized spacial score (nSPS) is 12.5. The second-order valence-corrected chi connectivity index (χ2v) is 5.10. The van der Waals surface area contributed by atoms with Crippen molar-refractivity contribution >= 4 is 5.91 Å². The van der Waals surface area contributed by atoms with E-state index in [0.717, 1.165) is 0 Å². The third-order valence-corrected chi connectivity index (χ3v) is 3.10. The van der Waals surface area contributed by atoms with Crippen LogP contribution in [0.5, 0.6) is 0 Å². The first-order chi connectivity index (χ1) is 9.45. The fourth-order valence-corrected chi connectivity index (χ4v) is 1.75. The van der Waals surface area contributed by atoms with Gasteiger partial charge in [0.15, 0.2) is 0 Å². The summed E-state index contributed by atoms with van der Waals surface area (Å²) >= 11 is 0. The van der Waals surface area contributed by atoms with Crippen molar-refractivity contribution in [3.8, 4) is 0 Å². The first-order valence-electron chi connectivity index (χ1n) is 6.69. The molecule has 0 spiro atoms. The Kier molecular flexibility index (Phi) is 6.61. The van der Waals surface area contributed by atoms with Crippen LogP contribution in [0.15, 0.2) is 18.2 Å². The van der Waals surface area contributed by atoms with Crippen LogP contribution in [0, 0.1) is 11.7 Å². The predicted molar refractivity (Wildman–Crippen MR) is 74.9 cm³/mol. The number of aliphatic hydroxyl groups excluding tert-OH is 1. The van der Waals surface area contributed by atoms with Crippen molar-refractivity contribution in [2.45, 2.75) is 33.0 Å². The highest BCUT2D eigenvalue weighted by atomic mass is 19.1. The van der Waals surface area contributed by atoms with Gasteiger partial charge in [0.25, 0.3) is 5.91 Å². The van der Waals surface area contributed by atoms with Crippen LogP contribution in [-0.2, 0) is 11.3 Å². The number of amides is 1. The van der Waals surface area contributed by atoms with Crippen LogP contribution in [0.2, 0.25) is 0 Å². The van der Waals surface area contributed by atoms with Crippen molar-refractivity contribution in [2.75, 3.05) is 13.7 Å². The second kappa shape index (κ2) is 7.97. The minimum atomic E-state index is -0.437. The molecule has 0 radical (unpaired) electrons. The summed E-state index contributed by atoms with van der Waals surface area (Å²) in [7, 11) is 1.47. The van der Waals surface area contributed by atoms with Crippen LogP contribution < -0.4 is 5.32 Å². The molecule has 0 aliphatic heterocycles. The standard InChI is InChI=1S/C15H22FNO3/c1-10(2)14(18)6-7-17-15(19)11-4-5-13(16)12(8-11)9-20-3/h4-5,8,10,14,18H,6-7,9H2,1-3H3,(H,17,19). The Morgan fingerprint density at radius 3 is 2.75 bits per heavy atom. The number of carbonyl (C=O) groups excluding carboxylic acids is 1. The molecule has 1 rings (SSSR count). The van der Waals surface area contributed by atoms with Gasteiger partial charge in [-0.15, -0.1) is 0 Å². The van der Waals surface area contributed by atoms with E-state index in [4.69, 9.17) is 4.74 Å². The molecule has 0 aliphatic carbocycles. The van der Waals surface area contributed by atoms with Gasteiger partial charge in [0, 0.05) is 24.8 Å². The molecule has 0 aromatic heterocycles. The lowest BCUT2D eigenvalue weighted by Gasteiger charge is -2.14. The van der Waals surface area contributed by atoms with Gasteiger partial charge in [-0.1, -0.05) is 13.8 Å². The van der Waals surface area contributed by atoms with Crippen molar-refractivity contribution in [1.29, 1.82) is 0 Å². The van der Waals surface area contributed by atoms with Crippen LogP contribution in [0.3, 0.4) is 0 Å². The molecular formula is C15H22FNO3. The van der Waals surface area contributed by atoms with Gasteiger partial charge in [0.05, 0.1) is 12.7 Å². The summed E-state index contributed by atoms with van der Waals surface area (Å²) < 4.78 is 18.3. The molecule has 1 atom stereocenters.